The van der Waals surface area contributed by atoms with Crippen molar-refractivity contribution in [1.29, 1.82) is 0 Å². The molecule has 0 aliphatic carbocycles. The van der Waals surface area contributed by atoms with E-state index in [4.69, 9.17) is 5.73 Å². The van der Waals surface area contributed by atoms with E-state index in [0.717, 1.165) is 6.42 Å². The maximum atomic E-state index is 7.01. The number of nitrogens with zero attached hydrogens (tertiary/aromatic N) is 1. The predicted octanol–water partition coefficient (Wildman–Crippen LogP) is 1.93. The molecule has 0 unspecified atom stereocenters. The van der Waals surface area contributed by atoms with Gasteiger partial charge in [-0.25, -0.2) is 0 Å². The molecule has 0 aromatic heterocycles. The van der Waals surface area contributed by atoms with Crippen molar-refractivity contribution in [2.45, 2.75) is 38.5 Å². The van der Waals surface area contributed by atoms with Crippen LogP contribution >= 0.6 is 0 Å². The van der Waals surface area contributed by atoms with Gasteiger partial charge in [-0.3, -0.25) is 5.73 Å². The van der Waals surface area contributed by atoms with E-state index < -0.39 is 0 Å². The van der Waals surface area contributed by atoms with Gasteiger partial charge < -0.3 is 4.90 Å². The van der Waals surface area contributed by atoms with Crippen LogP contribution in [0.2, 0.25) is 0 Å². The second-order valence-electron chi connectivity index (χ2n) is 3.71. The Hall–Kier alpha value is -0.0800. The van der Waals surface area contributed by atoms with E-state index >= 15 is 0 Å². The van der Waals surface area contributed by atoms with Crippen LogP contribution in [0.3, 0.4) is 0 Å². The first kappa shape index (κ1) is 10.0. The zero-order valence-corrected chi connectivity index (χ0v) is 8.02. The second-order valence-corrected chi connectivity index (χ2v) is 3.71. The molecule has 1 aliphatic rings. The van der Waals surface area contributed by atoms with Crippen LogP contribution in [0.5, 0.6) is 0 Å². The molecule has 1 saturated heterocycles. The number of rotatable bonds is 5. The molecule has 1 aliphatic heterocycles. The average molecular weight is 169 g/mol. The molecule has 0 saturated carbocycles. The molecule has 0 aromatic rings. The Bertz CT molecular complexity index is 98.0. The monoisotopic (exact) mass is 169 g/mol. The smallest absolute Gasteiger partial charge is 0.00997 e. The molecular formula is C10H21N2. The lowest BCUT2D eigenvalue weighted by Crippen LogP contribution is -2.30. The molecule has 2 nitrogen and oxygen atoms in total. The SMILES string of the molecule is [NH]CCCCCN1CCCCC1. The summed E-state index contributed by atoms with van der Waals surface area (Å²) in [5.41, 5.74) is 7.01. The summed E-state index contributed by atoms with van der Waals surface area (Å²) < 4.78 is 0. The summed E-state index contributed by atoms with van der Waals surface area (Å²) in [5, 5.41) is 0. The Labute approximate surface area is 76.1 Å². The number of nitrogens with one attached hydrogen (secondary N) is 1. The van der Waals surface area contributed by atoms with Crippen molar-refractivity contribution in [2.24, 2.45) is 0 Å². The maximum absolute atomic E-state index is 7.01. The topological polar surface area (TPSA) is 27.0 Å². The first-order valence-corrected chi connectivity index (χ1v) is 5.30. The van der Waals surface area contributed by atoms with Crippen molar-refractivity contribution < 1.29 is 0 Å². The van der Waals surface area contributed by atoms with Crippen molar-refractivity contribution in [3.63, 3.8) is 0 Å². The average Bonchev–Trinajstić information content (AvgIpc) is 2.14. The molecule has 1 heterocycles. The van der Waals surface area contributed by atoms with Crippen molar-refractivity contribution in [1.82, 2.24) is 10.6 Å². The number of likely N-dealkylation sites (tertiary alicyclic amines) is 1. The van der Waals surface area contributed by atoms with E-state index in [-0.39, 0.29) is 0 Å². The molecule has 0 amide bonds. The summed E-state index contributed by atoms with van der Waals surface area (Å²) in [6, 6.07) is 0. The third kappa shape index (κ3) is 4.07. The molecule has 0 bridgehead atoms. The summed E-state index contributed by atoms with van der Waals surface area (Å²) in [7, 11) is 0. The Balaban J connectivity index is 1.91. The van der Waals surface area contributed by atoms with Gasteiger partial charge in [0.1, 0.15) is 0 Å². The minimum atomic E-state index is 0.611. The van der Waals surface area contributed by atoms with Crippen LogP contribution in [0.4, 0.5) is 0 Å². The minimum absolute atomic E-state index is 0.611. The molecule has 12 heavy (non-hydrogen) atoms. The van der Waals surface area contributed by atoms with Crippen LogP contribution in [-0.4, -0.2) is 31.1 Å². The molecule has 71 valence electrons. The minimum Gasteiger partial charge on any atom is -0.303 e. The number of unbranched alkanes of at least 4 members (excludes halogenated alkanes) is 2. The van der Waals surface area contributed by atoms with Gasteiger partial charge in [-0.05, 0) is 45.3 Å². The van der Waals surface area contributed by atoms with Crippen LogP contribution in [0.25, 0.3) is 0 Å². The first-order chi connectivity index (χ1) is 5.93. The molecule has 1 radical (unpaired) electrons. The summed E-state index contributed by atoms with van der Waals surface area (Å²) >= 11 is 0. The van der Waals surface area contributed by atoms with E-state index in [2.05, 4.69) is 4.90 Å². The zero-order valence-electron chi connectivity index (χ0n) is 8.02. The summed E-state index contributed by atoms with van der Waals surface area (Å²) in [6.45, 7) is 4.53. The van der Waals surface area contributed by atoms with E-state index in [0.29, 0.717) is 6.54 Å². The van der Waals surface area contributed by atoms with Crippen LogP contribution in [-0.2, 0) is 0 Å². The highest BCUT2D eigenvalue weighted by molar-refractivity contribution is 4.64. The van der Waals surface area contributed by atoms with E-state index in [1.165, 1.54) is 51.7 Å². The highest BCUT2D eigenvalue weighted by Crippen LogP contribution is 2.09. The standard InChI is InChI=1S/C10H21N2/c11-7-3-1-4-8-12-9-5-2-6-10-12/h11H,1-10H2. The Morgan fingerprint density at radius 3 is 2.33 bits per heavy atom. The molecule has 1 fully saturated rings. The third-order valence-electron chi connectivity index (χ3n) is 2.60. The maximum Gasteiger partial charge on any atom is 0.00997 e. The molecule has 0 spiro atoms. The van der Waals surface area contributed by atoms with E-state index in [1.807, 2.05) is 0 Å². The summed E-state index contributed by atoms with van der Waals surface area (Å²) in [4.78, 5) is 2.58. The predicted molar refractivity (Wildman–Crippen MR) is 52.1 cm³/mol. The van der Waals surface area contributed by atoms with Crippen LogP contribution in [0.15, 0.2) is 0 Å². The molecule has 0 atom stereocenters. The van der Waals surface area contributed by atoms with Crippen molar-refractivity contribution in [3.05, 3.63) is 0 Å². The Kier molecular flexibility index (Phi) is 5.37. The van der Waals surface area contributed by atoms with E-state index in [9.17, 15) is 0 Å². The fraction of sp³-hybridized carbons (Fsp3) is 1.00. The molecule has 0 aromatic carbocycles. The van der Waals surface area contributed by atoms with Gasteiger partial charge in [0.25, 0.3) is 0 Å². The Morgan fingerprint density at radius 1 is 0.917 bits per heavy atom. The lowest BCUT2D eigenvalue weighted by Gasteiger charge is -2.26. The van der Waals surface area contributed by atoms with Gasteiger partial charge in [0.05, 0.1) is 0 Å². The highest BCUT2D eigenvalue weighted by atomic mass is 15.1. The lowest BCUT2D eigenvalue weighted by molar-refractivity contribution is 0.224. The van der Waals surface area contributed by atoms with Gasteiger partial charge in [-0.2, -0.15) is 0 Å². The van der Waals surface area contributed by atoms with Gasteiger partial charge in [-0.15, -0.1) is 0 Å². The van der Waals surface area contributed by atoms with Gasteiger partial charge in [0, 0.05) is 6.54 Å². The second kappa shape index (κ2) is 6.44. The Morgan fingerprint density at radius 2 is 1.67 bits per heavy atom. The summed E-state index contributed by atoms with van der Waals surface area (Å²) in [5.74, 6) is 0. The quantitative estimate of drug-likeness (QED) is 0.578. The molecule has 1 N–H and O–H groups in total. The largest absolute Gasteiger partial charge is 0.303 e. The fourth-order valence-electron chi connectivity index (χ4n) is 1.82. The fourth-order valence-corrected chi connectivity index (χ4v) is 1.82. The van der Waals surface area contributed by atoms with Crippen molar-refractivity contribution in [3.8, 4) is 0 Å². The van der Waals surface area contributed by atoms with E-state index in [1.54, 1.807) is 0 Å². The van der Waals surface area contributed by atoms with Gasteiger partial charge >= 0.3 is 0 Å². The highest BCUT2D eigenvalue weighted by Gasteiger charge is 2.08. The van der Waals surface area contributed by atoms with Crippen molar-refractivity contribution >= 4 is 0 Å². The number of hydrogen-bond acceptors (Lipinski definition) is 1. The normalized spacial score (nSPS) is 19.8. The number of piperidine rings is 1. The van der Waals surface area contributed by atoms with Crippen LogP contribution < -0.4 is 5.73 Å². The first-order valence-electron chi connectivity index (χ1n) is 5.30. The van der Waals surface area contributed by atoms with Gasteiger partial charge in [-0.1, -0.05) is 12.8 Å². The molecular weight excluding hydrogens is 148 g/mol. The van der Waals surface area contributed by atoms with Crippen LogP contribution in [0.1, 0.15) is 38.5 Å². The van der Waals surface area contributed by atoms with Gasteiger partial charge in [0.15, 0.2) is 0 Å². The number of hydrogen-bond donors (Lipinski definition) is 0. The zero-order chi connectivity index (χ0) is 8.65. The summed E-state index contributed by atoms with van der Waals surface area (Å²) in [6.07, 6.45) is 7.88. The third-order valence-corrected chi connectivity index (χ3v) is 2.60. The van der Waals surface area contributed by atoms with Crippen LogP contribution in [0, 0.1) is 0 Å². The van der Waals surface area contributed by atoms with Crippen molar-refractivity contribution in [2.75, 3.05) is 26.2 Å². The molecule has 2 heteroatoms. The molecule has 1 rings (SSSR count). The van der Waals surface area contributed by atoms with Gasteiger partial charge in [0.2, 0.25) is 0 Å². The lowest BCUT2D eigenvalue weighted by atomic mass is 10.1.